The Morgan fingerprint density at radius 2 is 1.86 bits per heavy atom. The molecule has 2 aliphatic carbocycles. The Morgan fingerprint density at radius 3 is 2.50 bits per heavy atom. The Labute approximate surface area is 85.3 Å². The number of nitrogens with one attached hydrogen (secondary N) is 1. The number of sulfonamides is 1. The zero-order valence-electron chi connectivity index (χ0n) is 8.66. The molecule has 0 aromatic rings. The largest absolute Gasteiger partial charge is 0.212 e. The fourth-order valence-corrected chi connectivity index (χ4v) is 6.03. The minimum atomic E-state index is -2.93. The number of rotatable bonds is 0. The van der Waals surface area contributed by atoms with E-state index in [1.165, 1.54) is 12.8 Å². The quantitative estimate of drug-likeness (QED) is 0.654. The van der Waals surface area contributed by atoms with Gasteiger partial charge in [0.25, 0.3) is 0 Å². The Bertz CT molecular complexity index is 346. The van der Waals surface area contributed by atoms with Gasteiger partial charge in [0.1, 0.15) is 0 Å². The van der Waals surface area contributed by atoms with Crippen molar-refractivity contribution >= 4 is 10.0 Å². The van der Waals surface area contributed by atoms with E-state index in [2.05, 4.69) is 18.6 Å². The summed E-state index contributed by atoms with van der Waals surface area (Å²) in [7, 11) is -2.93. The first-order valence-electron chi connectivity index (χ1n) is 5.42. The van der Waals surface area contributed by atoms with E-state index in [9.17, 15) is 8.42 Å². The van der Waals surface area contributed by atoms with E-state index in [0.717, 1.165) is 0 Å². The molecule has 80 valence electrons. The number of hydrogen-bond acceptors (Lipinski definition) is 2. The molecule has 1 N–H and O–H groups in total. The maximum Gasteiger partial charge on any atom is 0.212 e. The van der Waals surface area contributed by atoms with E-state index in [1.807, 2.05) is 0 Å². The molecule has 0 aromatic heterocycles. The first-order valence-corrected chi connectivity index (χ1v) is 7.07. The normalized spacial score (nSPS) is 52.1. The third kappa shape index (κ3) is 0.936. The lowest BCUT2D eigenvalue weighted by molar-refractivity contribution is 0.240. The molecule has 2 saturated carbocycles. The van der Waals surface area contributed by atoms with Crippen LogP contribution < -0.4 is 4.72 Å². The molecule has 0 aromatic carbocycles. The van der Waals surface area contributed by atoms with Gasteiger partial charge in [-0.05, 0) is 36.0 Å². The lowest BCUT2D eigenvalue weighted by Crippen LogP contribution is -2.35. The average Bonchev–Trinajstić information content (AvgIpc) is 2.54. The van der Waals surface area contributed by atoms with Crippen molar-refractivity contribution in [3.63, 3.8) is 0 Å². The van der Waals surface area contributed by atoms with E-state index in [0.29, 0.717) is 28.9 Å². The van der Waals surface area contributed by atoms with Crippen LogP contribution in [-0.4, -0.2) is 20.2 Å². The molecule has 1 heterocycles. The fraction of sp³-hybridized carbons (Fsp3) is 1.00. The first-order chi connectivity index (χ1) is 6.42. The SMILES string of the molecule is CC1(C)[C@@H]2CC[C@@H]1[C@H]1NS(=O)(=O)C[C@H]12. The number of fused-ring (bicyclic) bond motifs is 5. The van der Waals surface area contributed by atoms with Crippen LogP contribution in [-0.2, 0) is 10.0 Å². The van der Waals surface area contributed by atoms with Crippen molar-refractivity contribution < 1.29 is 8.42 Å². The van der Waals surface area contributed by atoms with Gasteiger partial charge in [0.2, 0.25) is 10.0 Å². The molecule has 3 rings (SSSR count). The van der Waals surface area contributed by atoms with Gasteiger partial charge in [0.15, 0.2) is 0 Å². The second-order valence-corrected chi connectivity index (χ2v) is 7.50. The van der Waals surface area contributed by atoms with E-state index in [-0.39, 0.29) is 6.04 Å². The summed E-state index contributed by atoms with van der Waals surface area (Å²) in [5.41, 5.74) is 0.359. The van der Waals surface area contributed by atoms with Crippen LogP contribution in [0.2, 0.25) is 0 Å². The summed E-state index contributed by atoms with van der Waals surface area (Å²) in [6.45, 7) is 4.61. The molecule has 3 fully saturated rings. The minimum Gasteiger partial charge on any atom is -0.212 e. The molecule has 0 spiro atoms. The Balaban J connectivity index is 2.01. The van der Waals surface area contributed by atoms with Crippen molar-refractivity contribution in [2.75, 3.05) is 5.75 Å². The van der Waals surface area contributed by atoms with E-state index in [1.54, 1.807) is 0 Å². The maximum atomic E-state index is 11.5. The third-order valence-electron chi connectivity index (χ3n) is 4.84. The van der Waals surface area contributed by atoms with Crippen LogP contribution in [0.3, 0.4) is 0 Å². The summed E-state index contributed by atoms with van der Waals surface area (Å²) in [4.78, 5) is 0. The van der Waals surface area contributed by atoms with Crippen molar-refractivity contribution in [2.24, 2.45) is 23.2 Å². The molecule has 1 aliphatic heterocycles. The van der Waals surface area contributed by atoms with Gasteiger partial charge in [0, 0.05) is 6.04 Å². The molecular weight excluding hydrogens is 198 g/mol. The second kappa shape index (κ2) is 2.35. The third-order valence-corrected chi connectivity index (χ3v) is 6.29. The van der Waals surface area contributed by atoms with E-state index in [4.69, 9.17) is 0 Å². The fourth-order valence-electron chi connectivity index (χ4n) is 4.23. The molecule has 1 saturated heterocycles. The van der Waals surface area contributed by atoms with Crippen molar-refractivity contribution in [1.82, 2.24) is 4.72 Å². The van der Waals surface area contributed by atoms with Crippen molar-refractivity contribution in [1.29, 1.82) is 0 Å². The van der Waals surface area contributed by atoms with Crippen molar-refractivity contribution in [3.8, 4) is 0 Å². The van der Waals surface area contributed by atoms with Crippen LogP contribution >= 0.6 is 0 Å². The number of hydrogen-bond donors (Lipinski definition) is 1. The van der Waals surface area contributed by atoms with Crippen LogP contribution in [0.25, 0.3) is 0 Å². The van der Waals surface area contributed by atoms with E-state index < -0.39 is 10.0 Å². The minimum absolute atomic E-state index is 0.258. The Morgan fingerprint density at radius 1 is 1.21 bits per heavy atom. The van der Waals surface area contributed by atoms with Crippen LogP contribution in [0.15, 0.2) is 0 Å². The molecular formula is C10H17NO2S. The summed E-state index contributed by atoms with van der Waals surface area (Å²) in [6.07, 6.45) is 2.44. The molecule has 14 heavy (non-hydrogen) atoms. The van der Waals surface area contributed by atoms with Gasteiger partial charge in [-0.2, -0.15) is 0 Å². The van der Waals surface area contributed by atoms with E-state index >= 15 is 0 Å². The monoisotopic (exact) mass is 215 g/mol. The standard InChI is InChI=1S/C10H17NO2S/c1-10(2)7-3-4-8(10)9-6(7)5-14(12,13)11-9/h6-9,11H,3-5H2,1-2H3/t6-,7+,8+,9-/m0/s1. The molecule has 4 heteroatoms. The molecule has 2 bridgehead atoms. The summed E-state index contributed by atoms with van der Waals surface area (Å²) in [5.74, 6) is 1.98. The average molecular weight is 215 g/mol. The summed E-state index contributed by atoms with van der Waals surface area (Å²) in [5, 5.41) is 0. The lowest BCUT2D eigenvalue weighted by atomic mass is 9.80. The molecule has 0 amide bonds. The van der Waals surface area contributed by atoms with Crippen molar-refractivity contribution in [2.45, 2.75) is 32.7 Å². The molecule has 3 nitrogen and oxygen atoms in total. The highest BCUT2D eigenvalue weighted by molar-refractivity contribution is 7.89. The molecule has 0 radical (unpaired) electrons. The van der Waals surface area contributed by atoms with Gasteiger partial charge >= 0.3 is 0 Å². The maximum absolute atomic E-state index is 11.5. The summed E-state index contributed by atoms with van der Waals surface area (Å²) in [6, 6.07) is 0.258. The van der Waals surface area contributed by atoms with Crippen molar-refractivity contribution in [3.05, 3.63) is 0 Å². The van der Waals surface area contributed by atoms with Gasteiger partial charge < -0.3 is 0 Å². The smallest absolute Gasteiger partial charge is 0.212 e. The lowest BCUT2D eigenvalue weighted by Gasteiger charge is -2.26. The van der Waals surface area contributed by atoms with Crippen LogP contribution in [0.5, 0.6) is 0 Å². The molecule has 3 aliphatic rings. The van der Waals surface area contributed by atoms with Crippen LogP contribution in [0.4, 0.5) is 0 Å². The first kappa shape index (κ1) is 9.16. The Kier molecular flexibility index (Phi) is 1.54. The van der Waals surface area contributed by atoms with Gasteiger partial charge in [-0.1, -0.05) is 13.8 Å². The molecule has 0 unspecified atom stereocenters. The topological polar surface area (TPSA) is 46.2 Å². The predicted octanol–water partition coefficient (Wildman–Crippen LogP) is 0.970. The van der Waals surface area contributed by atoms with Gasteiger partial charge in [0.05, 0.1) is 5.75 Å². The zero-order chi connectivity index (χ0) is 10.1. The Hall–Kier alpha value is -0.0900. The zero-order valence-corrected chi connectivity index (χ0v) is 9.47. The highest BCUT2D eigenvalue weighted by Crippen LogP contribution is 2.61. The second-order valence-electron chi connectivity index (χ2n) is 5.70. The predicted molar refractivity (Wildman–Crippen MR) is 54.2 cm³/mol. The van der Waals surface area contributed by atoms with Gasteiger partial charge in [-0.15, -0.1) is 0 Å². The van der Waals surface area contributed by atoms with Gasteiger partial charge in [-0.25, -0.2) is 13.1 Å². The van der Waals surface area contributed by atoms with Gasteiger partial charge in [-0.3, -0.25) is 0 Å². The van der Waals surface area contributed by atoms with Crippen LogP contribution in [0, 0.1) is 23.2 Å². The molecule has 4 atom stereocenters. The summed E-state index contributed by atoms with van der Waals surface area (Å²) < 4.78 is 25.8. The summed E-state index contributed by atoms with van der Waals surface area (Å²) >= 11 is 0. The van der Waals surface area contributed by atoms with Crippen LogP contribution in [0.1, 0.15) is 26.7 Å². The highest BCUT2D eigenvalue weighted by atomic mass is 32.2. The highest BCUT2D eigenvalue weighted by Gasteiger charge is 2.62.